The zero-order valence-corrected chi connectivity index (χ0v) is 11.7. The molecule has 0 unspecified atom stereocenters. The zero-order valence-electron chi connectivity index (χ0n) is 9.41. The Kier molecular flexibility index (Phi) is 3.82. The van der Waals surface area contributed by atoms with Gasteiger partial charge in [-0.05, 0) is 29.6 Å². The number of ether oxygens (including phenoxy) is 1. The molecule has 1 heterocycles. The number of halogens is 2. The highest BCUT2D eigenvalue weighted by molar-refractivity contribution is 7.14. The van der Waals surface area contributed by atoms with Crippen LogP contribution in [0.4, 0.5) is 10.7 Å². The van der Waals surface area contributed by atoms with Crippen molar-refractivity contribution in [2.75, 3.05) is 19.1 Å². The molecule has 0 atom stereocenters. The van der Waals surface area contributed by atoms with Crippen molar-refractivity contribution in [2.45, 2.75) is 0 Å². The van der Waals surface area contributed by atoms with E-state index in [0.717, 1.165) is 16.4 Å². The fourth-order valence-corrected chi connectivity index (χ4v) is 2.64. The van der Waals surface area contributed by atoms with Gasteiger partial charge in [-0.25, -0.2) is 0 Å². The third-order valence-corrected chi connectivity index (χ3v) is 4.13. The minimum atomic E-state index is 0.548. The van der Waals surface area contributed by atoms with Gasteiger partial charge >= 0.3 is 0 Å². The van der Waals surface area contributed by atoms with Crippen LogP contribution < -0.4 is 9.64 Å². The molecule has 1 aromatic carbocycles. The lowest BCUT2D eigenvalue weighted by molar-refractivity contribution is 0.417. The maximum absolute atomic E-state index is 6.01. The topological polar surface area (TPSA) is 12.5 Å². The van der Waals surface area contributed by atoms with Crippen LogP contribution in [-0.4, -0.2) is 14.2 Å². The van der Waals surface area contributed by atoms with E-state index in [2.05, 4.69) is 0 Å². The predicted octanol–water partition coefficient (Wildman–Crippen LogP) is 4.83. The molecule has 1 aromatic heterocycles. The summed E-state index contributed by atoms with van der Waals surface area (Å²) >= 11 is 13.5. The Balaban J connectivity index is 2.36. The smallest absolute Gasteiger partial charge is 0.153 e. The summed E-state index contributed by atoms with van der Waals surface area (Å²) in [5.41, 5.74) is 0.972. The number of anilines is 2. The lowest BCUT2D eigenvalue weighted by Crippen LogP contribution is -2.08. The van der Waals surface area contributed by atoms with Gasteiger partial charge in [0.15, 0.2) is 5.75 Å². The van der Waals surface area contributed by atoms with Gasteiger partial charge in [-0.1, -0.05) is 23.2 Å². The number of rotatable bonds is 3. The highest BCUT2D eigenvalue weighted by Gasteiger charge is 2.12. The second-order valence-corrected chi connectivity index (χ2v) is 5.16. The van der Waals surface area contributed by atoms with Crippen molar-refractivity contribution in [3.05, 3.63) is 39.7 Å². The lowest BCUT2D eigenvalue weighted by atomic mass is 10.3. The van der Waals surface area contributed by atoms with Crippen molar-refractivity contribution in [3.63, 3.8) is 0 Å². The number of nitrogens with zero attached hydrogens (tertiary/aromatic N) is 1. The summed E-state index contributed by atoms with van der Waals surface area (Å²) in [6.45, 7) is 0. The van der Waals surface area contributed by atoms with Crippen LogP contribution in [0.15, 0.2) is 29.6 Å². The zero-order chi connectivity index (χ0) is 12.4. The Morgan fingerprint density at radius 1 is 1.18 bits per heavy atom. The second-order valence-electron chi connectivity index (χ2n) is 3.45. The fraction of sp³-hybridized carbons (Fsp3) is 0.167. The Morgan fingerprint density at radius 2 is 1.94 bits per heavy atom. The molecule has 90 valence electrons. The summed E-state index contributed by atoms with van der Waals surface area (Å²) in [5.74, 6) is 0.851. The van der Waals surface area contributed by atoms with Crippen molar-refractivity contribution in [3.8, 4) is 5.75 Å². The Labute approximate surface area is 114 Å². The quantitative estimate of drug-likeness (QED) is 0.802. The molecule has 0 N–H and O–H groups in total. The SMILES string of the molecule is COc1ccsc1N(C)c1ccc(Cl)c(Cl)c1. The van der Waals surface area contributed by atoms with Gasteiger partial charge in [-0.2, -0.15) is 0 Å². The van der Waals surface area contributed by atoms with E-state index in [4.69, 9.17) is 27.9 Å². The van der Waals surface area contributed by atoms with Crippen molar-refractivity contribution in [1.82, 2.24) is 0 Å². The summed E-state index contributed by atoms with van der Waals surface area (Å²) < 4.78 is 5.29. The molecular formula is C12H11Cl2NOS. The first kappa shape index (κ1) is 12.6. The van der Waals surface area contributed by atoms with E-state index in [-0.39, 0.29) is 0 Å². The van der Waals surface area contributed by atoms with E-state index in [1.165, 1.54) is 0 Å². The number of methoxy groups -OCH3 is 1. The molecule has 0 fully saturated rings. The van der Waals surface area contributed by atoms with Crippen molar-refractivity contribution < 1.29 is 4.74 Å². The molecular weight excluding hydrogens is 277 g/mol. The molecule has 0 saturated heterocycles. The predicted molar refractivity (Wildman–Crippen MR) is 75.4 cm³/mol. The highest BCUT2D eigenvalue weighted by Crippen LogP contribution is 2.38. The highest BCUT2D eigenvalue weighted by atomic mass is 35.5. The van der Waals surface area contributed by atoms with Crippen LogP contribution in [0.25, 0.3) is 0 Å². The van der Waals surface area contributed by atoms with Gasteiger partial charge in [0.25, 0.3) is 0 Å². The maximum atomic E-state index is 6.01. The first-order valence-corrected chi connectivity index (χ1v) is 6.57. The fourth-order valence-electron chi connectivity index (χ4n) is 1.50. The molecule has 0 aliphatic rings. The molecule has 5 heteroatoms. The third-order valence-electron chi connectivity index (χ3n) is 2.42. The van der Waals surface area contributed by atoms with E-state index in [1.807, 2.05) is 35.5 Å². The standard InChI is InChI=1S/C12H11Cl2NOS/c1-15(12-11(16-2)5-6-17-12)8-3-4-9(13)10(14)7-8/h3-7H,1-2H3. The molecule has 0 saturated carbocycles. The lowest BCUT2D eigenvalue weighted by Gasteiger charge is -2.19. The third kappa shape index (κ3) is 2.51. The minimum absolute atomic E-state index is 0.548. The molecule has 2 aromatic rings. The molecule has 0 amide bonds. The van der Waals surface area contributed by atoms with Crippen LogP contribution in [0, 0.1) is 0 Å². The second kappa shape index (κ2) is 5.17. The van der Waals surface area contributed by atoms with Crippen LogP contribution in [-0.2, 0) is 0 Å². The Bertz CT molecular complexity index is 527. The van der Waals surface area contributed by atoms with Gasteiger partial charge in [-0.15, -0.1) is 11.3 Å². The molecule has 0 aliphatic carbocycles. The van der Waals surface area contributed by atoms with Gasteiger partial charge in [-0.3, -0.25) is 0 Å². The van der Waals surface area contributed by atoms with E-state index >= 15 is 0 Å². The molecule has 2 nitrogen and oxygen atoms in total. The summed E-state index contributed by atoms with van der Waals surface area (Å²) in [6.07, 6.45) is 0. The van der Waals surface area contributed by atoms with Gasteiger partial charge < -0.3 is 9.64 Å². The Hall–Kier alpha value is -0.900. The van der Waals surface area contributed by atoms with Crippen LogP contribution in [0.3, 0.4) is 0 Å². The van der Waals surface area contributed by atoms with Crippen molar-refractivity contribution >= 4 is 45.2 Å². The summed E-state index contributed by atoms with van der Waals surface area (Å²) in [4.78, 5) is 2.02. The average molecular weight is 288 g/mol. The average Bonchev–Trinajstić information content (AvgIpc) is 2.80. The molecule has 0 radical (unpaired) electrons. The van der Waals surface area contributed by atoms with Crippen LogP contribution >= 0.6 is 34.5 Å². The van der Waals surface area contributed by atoms with Gasteiger partial charge in [0.2, 0.25) is 0 Å². The molecule has 2 rings (SSSR count). The van der Waals surface area contributed by atoms with E-state index in [9.17, 15) is 0 Å². The summed E-state index contributed by atoms with van der Waals surface area (Å²) in [7, 11) is 3.63. The number of thiophene rings is 1. The first-order chi connectivity index (χ1) is 8.13. The molecule has 0 aliphatic heterocycles. The van der Waals surface area contributed by atoms with Gasteiger partial charge in [0.05, 0.1) is 17.2 Å². The maximum Gasteiger partial charge on any atom is 0.153 e. The van der Waals surface area contributed by atoms with Crippen molar-refractivity contribution in [1.29, 1.82) is 0 Å². The van der Waals surface area contributed by atoms with E-state index in [1.54, 1.807) is 24.5 Å². The molecule has 0 spiro atoms. The van der Waals surface area contributed by atoms with Gasteiger partial charge in [0.1, 0.15) is 5.00 Å². The largest absolute Gasteiger partial charge is 0.494 e. The first-order valence-electron chi connectivity index (χ1n) is 4.93. The van der Waals surface area contributed by atoms with Crippen molar-refractivity contribution in [2.24, 2.45) is 0 Å². The molecule has 17 heavy (non-hydrogen) atoms. The normalized spacial score (nSPS) is 10.4. The monoisotopic (exact) mass is 287 g/mol. The number of hydrogen-bond acceptors (Lipinski definition) is 3. The van der Waals surface area contributed by atoms with Crippen LogP contribution in [0.2, 0.25) is 10.0 Å². The van der Waals surface area contributed by atoms with Crippen LogP contribution in [0.5, 0.6) is 5.75 Å². The minimum Gasteiger partial charge on any atom is -0.494 e. The summed E-state index contributed by atoms with van der Waals surface area (Å²) in [5, 5.41) is 4.13. The molecule has 0 bridgehead atoms. The Morgan fingerprint density at radius 3 is 2.59 bits per heavy atom. The summed E-state index contributed by atoms with van der Waals surface area (Å²) in [6, 6.07) is 7.49. The van der Waals surface area contributed by atoms with E-state index in [0.29, 0.717) is 10.0 Å². The van der Waals surface area contributed by atoms with Crippen LogP contribution in [0.1, 0.15) is 0 Å². The number of benzene rings is 1. The number of hydrogen-bond donors (Lipinski definition) is 0. The van der Waals surface area contributed by atoms with E-state index < -0.39 is 0 Å². The van der Waals surface area contributed by atoms with Gasteiger partial charge in [0, 0.05) is 12.7 Å².